The molecule has 0 aliphatic carbocycles. The van der Waals surface area contributed by atoms with Crippen molar-refractivity contribution in [3.05, 3.63) is 0 Å². The van der Waals surface area contributed by atoms with Crippen LogP contribution in [0.1, 0.15) is 394 Å². The largest absolute Gasteiger partial charge is 0.472 e. The summed E-state index contributed by atoms with van der Waals surface area (Å²) in [5.74, 6) is -1.45. The van der Waals surface area contributed by atoms with Gasteiger partial charge in [0.05, 0.1) is 26.4 Å². The van der Waals surface area contributed by atoms with Crippen molar-refractivity contribution in [1.82, 2.24) is 0 Å². The molecule has 0 bridgehead atoms. The van der Waals surface area contributed by atoms with E-state index in [4.69, 9.17) is 37.0 Å². The first-order chi connectivity index (χ1) is 45.5. The Labute approximate surface area is 575 Å². The Hall–Kier alpha value is -1.94. The summed E-state index contributed by atoms with van der Waals surface area (Å²) in [4.78, 5) is 72.6. The topological polar surface area (TPSA) is 237 Å². The molecule has 0 aromatic carbocycles. The van der Waals surface area contributed by atoms with Crippen LogP contribution in [-0.2, 0) is 65.4 Å². The van der Waals surface area contributed by atoms with Crippen LogP contribution in [0.15, 0.2) is 0 Å². The predicted octanol–water partition coefficient (Wildman–Crippen LogP) is 22.1. The van der Waals surface area contributed by atoms with Crippen LogP contribution in [0.4, 0.5) is 0 Å². The number of hydrogen-bond acceptors (Lipinski definition) is 15. The van der Waals surface area contributed by atoms with Gasteiger partial charge in [-0.3, -0.25) is 37.3 Å². The summed E-state index contributed by atoms with van der Waals surface area (Å²) in [6.07, 6.45) is 57.2. The monoisotopic (exact) mass is 1380 g/mol. The maximum Gasteiger partial charge on any atom is 0.472 e. The molecule has 0 saturated heterocycles. The number of rotatable bonds is 75. The van der Waals surface area contributed by atoms with Crippen molar-refractivity contribution < 1.29 is 80.2 Å². The van der Waals surface area contributed by atoms with Gasteiger partial charge in [0.15, 0.2) is 12.2 Å². The summed E-state index contributed by atoms with van der Waals surface area (Å²) < 4.78 is 68.4. The molecule has 0 heterocycles. The molecule has 0 saturated carbocycles. The van der Waals surface area contributed by atoms with Crippen LogP contribution in [0, 0.1) is 5.92 Å². The molecule has 0 radical (unpaired) electrons. The van der Waals surface area contributed by atoms with E-state index in [0.29, 0.717) is 31.6 Å². The van der Waals surface area contributed by atoms with Crippen LogP contribution < -0.4 is 0 Å². The fourth-order valence-corrected chi connectivity index (χ4v) is 13.1. The Kier molecular flexibility index (Phi) is 66.8. The first-order valence-electron chi connectivity index (χ1n) is 39.1. The number of esters is 4. The number of unbranched alkanes of at least 4 members (excludes halogenated alkanes) is 47. The van der Waals surface area contributed by atoms with Crippen molar-refractivity contribution in [3.8, 4) is 0 Å². The van der Waals surface area contributed by atoms with Crippen molar-refractivity contribution in [2.75, 3.05) is 39.6 Å². The average molecular weight is 1380 g/mol. The van der Waals surface area contributed by atoms with E-state index in [-0.39, 0.29) is 25.7 Å². The highest BCUT2D eigenvalue weighted by atomic mass is 31.2. The molecule has 5 atom stereocenters. The van der Waals surface area contributed by atoms with E-state index in [2.05, 4.69) is 34.6 Å². The molecular formula is C75H146O17P2. The molecular weight excluding hydrogens is 1230 g/mol. The van der Waals surface area contributed by atoms with Gasteiger partial charge in [0, 0.05) is 25.7 Å². The number of ether oxygens (including phenoxy) is 4. The molecule has 0 amide bonds. The van der Waals surface area contributed by atoms with Gasteiger partial charge in [0.2, 0.25) is 0 Å². The highest BCUT2D eigenvalue weighted by Crippen LogP contribution is 2.45. The fraction of sp³-hybridized carbons (Fsp3) is 0.947. The zero-order valence-corrected chi connectivity index (χ0v) is 62.9. The van der Waals surface area contributed by atoms with Crippen LogP contribution in [0.3, 0.4) is 0 Å². The van der Waals surface area contributed by atoms with E-state index >= 15 is 0 Å². The van der Waals surface area contributed by atoms with Gasteiger partial charge in [-0.2, -0.15) is 0 Å². The average Bonchev–Trinajstić information content (AvgIpc) is 1.74. The molecule has 2 unspecified atom stereocenters. The predicted molar refractivity (Wildman–Crippen MR) is 382 cm³/mol. The van der Waals surface area contributed by atoms with E-state index in [9.17, 15) is 43.2 Å². The third kappa shape index (κ3) is 68.6. The summed E-state index contributed by atoms with van der Waals surface area (Å²) in [6, 6.07) is 0. The summed E-state index contributed by atoms with van der Waals surface area (Å²) in [5.41, 5.74) is 0. The second-order valence-electron chi connectivity index (χ2n) is 27.5. The number of aliphatic hydroxyl groups excluding tert-OH is 1. The van der Waals surface area contributed by atoms with Crippen molar-refractivity contribution in [1.29, 1.82) is 0 Å². The Balaban J connectivity index is 5.16. The first-order valence-corrected chi connectivity index (χ1v) is 42.1. The normalized spacial score (nSPS) is 14.0. The van der Waals surface area contributed by atoms with Gasteiger partial charge >= 0.3 is 39.5 Å². The SMILES string of the molecule is CCCCCCCCCCCCCCCCCCCCCCCC(=O)O[C@H](COC(=O)CCCCCCCCCCCCCCCCC)COP(=O)(O)OC[C@@H](O)COP(=O)(O)OC[C@@H](COC(=O)CCCCCCCCCCC)OC(=O)CCCCCCCCC(C)C. The van der Waals surface area contributed by atoms with Gasteiger partial charge in [-0.25, -0.2) is 9.13 Å². The molecule has 558 valence electrons. The number of phosphoric ester groups is 2. The Morgan fingerprint density at radius 1 is 0.287 bits per heavy atom. The first kappa shape index (κ1) is 92.1. The zero-order chi connectivity index (χ0) is 69.1. The van der Waals surface area contributed by atoms with Crippen LogP contribution in [0.25, 0.3) is 0 Å². The number of phosphoric acid groups is 2. The summed E-state index contributed by atoms with van der Waals surface area (Å²) >= 11 is 0. The maximum absolute atomic E-state index is 13.1. The second-order valence-corrected chi connectivity index (χ2v) is 30.4. The van der Waals surface area contributed by atoms with E-state index < -0.39 is 97.5 Å². The van der Waals surface area contributed by atoms with E-state index in [1.165, 1.54) is 218 Å². The summed E-state index contributed by atoms with van der Waals surface area (Å²) in [7, 11) is -9.90. The quantitative estimate of drug-likeness (QED) is 0.0222. The van der Waals surface area contributed by atoms with Gasteiger partial charge in [-0.15, -0.1) is 0 Å². The Morgan fingerprint density at radius 3 is 0.723 bits per heavy atom. The van der Waals surface area contributed by atoms with Gasteiger partial charge < -0.3 is 33.8 Å². The zero-order valence-electron chi connectivity index (χ0n) is 61.1. The number of carbonyl (C=O) groups excluding carboxylic acids is 4. The molecule has 0 spiro atoms. The van der Waals surface area contributed by atoms with Crippen molar-refractivity contribution in [3.63, 3.8) is 0 Å². The molecule has 0 aliphatic heterocycles. The smallest absolute Gasteiger partial charge is 0.462 e. The molecule has 0 rings (SSSR count). The minimum absolute atomic E-state index is 0.103. The maximum atomic E-state index is 13.1. The third-order valence-corrected chi connectivity index (χ3v) is 19.4. The Morgan fingerprint density at radius 2 is 0.489 bits per heavy atom. The van der Waals surface area contributed by atoms with Gasteiger partial charge in [0.1, 0.15) is 19.3 Å². The minimum atomic E-state index is -4.96. The second kappa shape index (κ2) is 68.2. The third-order valence-electron chi connectivity index (χ3n) is 17.5. The van der Waals surface area contributed by atoms with Crippen LogP contribution in [-0.4, -0.2) is 96.7 Å². The van der Waals surface area contributed by atoms with Gasteiger partial charge in [-0.1, -0.05) is 343 Å². The van der Waals surface area contributed by atoms with Crippen molar-refractivity contribution in [2.45, 2.75) is 412 Å². The van der Waals surface area contributed by atoms with Crippen LogP contribution in [0.5, 0.6) is 0 Å². The van der Waals surface area contributed by atoms with Crippen molar-refractivity contribution in [2.24, 2.45) is 5.92 Å². The summed E-state index contributed by atoms with van der Waals surface area (Å²) in [6.45, 7) is 7.17. The Bertz CT molecular complexity index is 1810. The number of aliphatic hydroxyl groups is 1. The van der Waals surface area contributed by atoms with Crippen molar-refractivity contribution >= 4 is 39.5 Å². The molecule has 3 N–H and O–H groups in total. The van der Waals surface area contributed by atoms with E-state index in [0.717, 1.165) is 89.9 Å². The van der Waals surface area contributed by atoms with Crippen LogP contribution >= 0.6 is 15.6 Å². The number of hydrogen-bond donors (Lipinski definition) is 3. The van der Waals surface area contributed by atoms with E-state index in [1.807, 2.05) is 0 Å². The highest BCUT2D eigenvalue weighted by molar-refractivity contribution is 7.47. The van der Waals surface area contributed by atoms with Gasteiger partial charge in [-0.05, 0) is 31.6 Å². The fourth-order valence-electron chi connectivity index (χ4n) is 11.5. The van der Waals surface area contributed by atoms with Gasteiger partial charge in [0.25, 0.3) is 0 Å². The lowest BCUT2D eigenvalue weighted by Crippen LogP contribution is -2.30. The summed E-state index contributed by atoms with van der Waals surface area (Å²) in [5, 5.41) is 10.6. The molecule has 0 fully saturated rings. The molecule has 0 aliphatic rings. The molecule has 0 aromatic heterocycles. The van der Waals surface area contributed by atoms with E-state index in [1.54, 1.807) is 0 Å². The molecule has 0 aromatic rings. The number of carbonyl (C=O) groups is 4. The molecule has 94 heavy (non-hydrogen) atoms. The highest BCUT2D eigenvalue weighted by Gasteiger charge is 2.30. The standard InChI is InChI=1S/C75H146O17P2/c1-6-9-12-15-18-21-23-25-27-28-29-30-31-32-34-36-38-41-44-50-55-60-74(79)91-70(64-86-73(78)59-54-49-43-40-37-35-33-26-24-22-19-16-13-10-7-2)66-89-93(81,82)87-62-69(76)63-88-94(83,84)90-67-71(92-75(80)61-56-51-46-45-47-52-57-68(4)5)65-85-72(77)58-53-48-42-39-20-17-14-11-8-3/h68-71,76H,6-67H2,1-5H3,(H,81,82)(H,83,84)/t69-,70-,71-/m1/s1. The lowest BCUT2D eigenvalue weighted by molar-refractivity contribution is -0.161. The lowest BCUT2D eigenvalue weighted by atomic mass is 10.0. The molecule has 17 nitrogen and oxygen atoms in total. The molecule has 19 heteroatoms. The lowest BCUT2D eigenvalue weighted by Gasteiger charge is -2.21. The van der Waals surface area contributed by atoms with Crippen LogP contribution in [0.2, 0.25) is 0 Å². The minimum Gasteiger partial charge on any atom is -0.462 e.